The van der Waals surface area contributed by atoms with Gasteiger partial charge in [-0.15, -0.1) is 0 Å². The Balaban J connectivity index is 1.98. The van der Waals surface area contributed by atoms with Gasteiger partial charge in [0.25, 0.3) is 0 Å². The van der Waals surface area contributed by atoms with Gasteiger partial charge in [0.05, 0.1) is 6.54 Å². The van der Waals surface area contributed by atoms with Crippen LogP contribution in [0.2, 0.25) is 5.02 Å². The predicted molar refractivity (Wildman–Crippen MR) is 87.5 cm³/mol. The van der Waals surface area contributed by atoms with Crippen LogP contribution in [0.4, 0.5) is 0 Å². The van der Waals surface area contributed by atoms with E-state index in [4.69, 9.17) is 11.6 Å². The smallest absolute Gasteiger partial charge is 0.236 e. The van der Waals surface area contributed by atoms with Crippen molar-refractivity contribution >= 4 is 17.5 Å². The molecule has 2 unspecified atom stereocenters. The Morgan fingerprint density at radius 3 is 2.81 bits per heavy atom. The van der Waals surface area contributed by atoms with E-state index in [-0.39, 0.29) is 11.9 Å². The molecule has 4 heteroatoms. The quantitative estimate of drug-likeness (QED) is 0.846. The van der Waals surface area contributed by atoms with Crippen LogP contribution < -0.4 is 0 Å². The average molecular weight is 309 g/mol. The number of hydrogen-bond acceptors (Lipinski definition) is 2. The maximum atomic E-state index is 12.5. The van der Waals surface area contributed by atoms with Crippen molar-refractivity contribution in [3.05, 3.63) is 34.9 Å². The molecule has 1 amide bonds. The Kier molecular flexibility index (Phi) is 5.65. The third-order valence-electron chi connectivity index (χ3n) is 4.52. The van der Waals surface area contributed by atoms with Crippen molar-refractivity contribution in [2.24, 2.45) is 0 Å². The molecule has 1 aliphatic heterocycles. The van der Waals surface area contributed by atoms with Gasteiger partial charge in [-0.25, -0.2) is 0 Å². The normalized spacial score (nSPS) is 20.6. The molecular weight excluding hydrogens is 284 g/mol. The number of carbonyl (C=O) groups excluding carboxylic acids is 1. The Morgan fingerprint density at radius 1 is 1.43 bits per heavy atom. The highest BCUT2D eigenvalue weighted by atomic mass is 35.5. The van der Waals surface area contributed by atoms with Gasteiger partial charge in [-0.2, -0.15) is 0 Å². The van der Waals surface area contributed by atoms with Crippen LogP contribution >= 0.6 is 11.6 Å². The lowest BCUT2D eigenvalue weighted by atomic mass is 10.0. The molecule has 3 nitrogen and oxygen atoms in total. The monoisotopic (exact) mass is 308 g/mol. The van der Waals surface area contributed by atoms with E-state index in [1.807, 2.05) is 36.2 Å². The van der Waals surface area contributed by atoms with Crippen molar-refractivity contribution in [1.29, 1.82) is 0 Å². The first-order valence-electron chi connectivity index (χ1n) is 7.75. The van der Waals surface area contributed by atoms with Gasteiger partial charge in [0.15, 0.2) is 0 Å². The molecule has 0 spiro atoms. The van der Waals surface area contributed by atoms with Gasteiger partial charge in [0.2, 0.25) is 5.91 Å². The number of halogens is 1. The van der Waals surface area contributed by atoms with Crippen molar-refractivity contribution in [3.63, 3.8) is 0 Å². The summed E-state index contributed by atoms with van der Waals surface area (Å²) in [6, 6.07) is 8.34. The molecule has 1 aromatic carbocycles. The number of piperidine rings is 1. The zero-order valence-corrected chi connectivity index (χ0v) is 13.9. The van der Waals surface area contributed by atoms with E-state index in [1.54, 1.807) is 0 Å². The summed E-state index contributed by atoms with van der Waals surface area (Å²) in [5, 5.41) is 0.760. The molecule has 2 atom stereocenters. The Bertz CT molecular complexity index is 491. The van der Waals surface area contributed by atoms with E-state index >= 15 is 0 Å². The molecule has 0 saturated carbocycles. The molecule has 1 aromatic rings. The second-order valence-electron chi connectivity index (χ2n) is 6.04. The number of benzene rings is 1. The molecule has 1 fully saturated rings. The Labute approximate surface area is 132 Å². The number of nitrogens with zero attached hydrogens (tertiary/aromatic N) is 2. The molecule has 1 heterocycles. The van der Waals surface area contributed by atoms with Crippen molar-refractivity contribution in [1.82, 2.24) is 9.80 Å². The topological polar surface area (TPSA) is 23.6 Å². The maximum Gasteiger partial charge on any atom is 0.236 e. The van der Waals surface area contributed by atoms with E-state index < -0.39 is 0 Å². The minimum Gasteiger partial charge on any atom is -0.339 e. The molecule has 116 valence electrons. The third-order valence-corrected chi connectivity index (χ3v) is 4.87. The summed E-state index contributed by atoms with van der Waals surface area (Å²) in [4.78, 5) is 16.6. The summed E-state index contributed by atoms with van der Waals surface area (Å²) >= 11 is 6.25. The summed E-state index contributed by atoms with van der Waals surface area (Å²) in [5.41, 5.74) is 1.07. The van der Waals surface area contributed by atoms with Crippen LogP contribution in [0.1, 0.15) is 44.7 Å². The van der Waals surface area contributed by atoms with Crippen molar-refractivity contribution in [3.8, 4) is 0 Å². The fourth-order valence-electron chi connectivity index (χ4n) is 2.96. The lowest BCUT2D eigenvalue weighted by Gasteiger charge is -2.35. The predicted octanol–water partition coefficient (Wildman–Crippen LogP) is 3.73. The minimum atomic E-state index is 0.128. The van der Waals surface area contributed by atoms with Crippen LogP contribution in [-0.2, 0) is 4.79 Å². The van der Waals surface area contributed by atoms with Crippen LogP contribution in [-0.4, -0.2) is 41.9 Å². The lowest BCUT2D eigenvalue weighted by Crippen LogP contribution is -2.46. The van der Waals surface area contributed by atoms with Gasteiger partial charge >= 0.3 is 0 Å². The average Bonchev–Trinajstić information content (AvgIpc) is 2.47. The van der Waals surface area contributed by atoms with Crippen LogP contribution in [0, 0.1) is 0 Å². The van der Waals surface area contributed by atoms with E-state index in [9.17, 15) is 4.79 Å². The van der Waals surface area contributed by atoms with Crippen molar-refractivity contribution in [2.45, 2.75) is 45.2 Å². The summed E-state index contributed by atoms with van der Waals surface area (Å²) in [5.74, 6) is 0.226. The van der Waals surface area contributed by atoms with Gasteiger partial charge in [-0.1, -0.05) is 29.8 Å². The summed E-state index contributed by atoms with van der Waals surface area (Å²) in [7, 11) is 1.99. The summed E-state index contributed by atoms with van der Waals surface area (Å²) in [6.07, 6.45) is 3.48. The summed E-state index contributed by atoms with van der Waals surface area (Å²) < 4.78 is 0. The number of likely N-dealkylation sites (N-methyl/N-ethyl adjacent to an activating group) is 1. The van der Waals surface area contributed by atoms with Crippen LogP contribution in [0.3, 0.4) is 0 Å². The molecule has 1 aliphatic rings. The van der Waals surface area contributed by atoms with E-state index in [0.29, 0.717) is 12.6 Å². The molecule has 0 aromatic heterocycles. The molecule has 0 bridgehead atoms. The molecule has 1 saturated heterocycles. The van der Waals surface area contributed by atoms with Gasteiger partial charge in [0, 0.05) is 23.7 Å². The second-order valence-corrected chi connectivity index (χ2v) is 6.45. The Morgan fingerprint density at radius 2 is 2.14 bits per heavy atom. The standard InChI is InChI=1S/C17H25ClN2O/c1-13-8-6-7-11-20(13)17(21)12-19(3)14(2)15-9-4-5-10-16(15)18/h4-5,9-10,13-14H,6-8,11-12H2,1-3H3. The highest BCUT2D eigenvalue weighted by molar-refractivity contribution is 6.31. The highest BCUT2D eigenvalue weighted by Crippen LogP contribution is 2.26. The first-order valence-corrected chi connectivity index (χ1v) is 8.12. The maximum absolute atomic E-state index is 12.5. The molecular formula is C17H25ClN2O. The minimum absolute atomic E-state index is 0.128. The number of hydrogen-bond donors (Lipinski definition) is 0. The fourth-order valence-corrected chi connectivity index (χ4v) is 3.25. The van der Waals surface area contributed by atoms with Crippen LogP contribution in [0.5, 0.6) is 0 Å². The Hall–Kier alpha value is -1.06. The largest absolute Gasteiger partial charge is 0.339 e. The highest BCUT2D eigenvalue weighted by Gasteiger charge is 2.25. The van der Waals surface area contributed by atoms with Gasteiger partial charge in [-0.05, 0) is 51.8 Å². The zero-order valence-electron chi connectivity index (χ0n) is 13.2. The van der Waals surface area contributed by atoms with E-state index in [0.717, 1.165) is 30.0 Å². The summed E-state index contributed by atoms with van der Waals surface area (Å²) in [6.45, 7) is 5.58. The number of likely N-dealkylation sites (tertiary alicyclic amines) is 1. The van der Waals surface area contributed by atoms with Crippen molar-refractivity contribution < 1.29 is 4.79 Å². The first-order chi connectivity index (χ1) is 10.0. The second kappa shape index (κ2) is 7.28. The zero-order chi connectivity index (χ0) is 15.4. The van der Waals surface area contributed by atoms with Crippen LogP contribution in [0.15, 0.2) is 24.3 Å². The fraction of sp³-hybridized carbons (Fsp3) is 0.588. The molecule has 0 N–H and O–H groups in total. The van der Waals surface area contributed by atoms with Gasteiger partial charge < -0.3 is 4.90 Å². The van der Waals surface area contributed by atoms with Crippen LogP contribution in [0.25, 0.3) is 0 Å². The molecule has 0 aliphatic carbocycles. The third kappa shape index (κ3) is 3.98. The molecule has 2 rings (SSSR count). The number of amides is 1. The number of carbonyl (C=O) groups is 1. The molecule has 0 radical (unpaired) electrons. The van der Waals surface area contributed by atoms with Gasteiger partial charge in [-0.3, -0.25) is 9.69 Å². The van der Waals surface area contributed by atoms with Gasteiger partial charge in [0.1, 0.15) is 0 Å². The number of rotatable bonds is 4. The SMILES string of the molecule is CC(c1ccccc1Cl)N(C)CC(=O)N1CCCCC1C. The van der Waals surface area contributed by atoms with E-state index in [1.165, 1.54) is 6.42 Å². The van der Waals surface area contributed by atoms with E-state index in [2.05, 4.69) is 18.7 Å². The lowest BCUT2D eigenvalue weighted by molar-refractivity contribution is -0.135. The molecule has 21 heavy (non-hydrogen) atoms. The van der Waals surface area contributed by atoms with Crippen molar-refractivity contribution in [2.75, 3.05) is 20.1 Å². The first kappa shape index (κ1) is 16.3.